The second kappa shape index (κ2) is 1.73. The summed E-state index contributed by atoms with van der Waals surface area (Å²) < 4.78 is 5.03. The molecule has 0 saturated carbocycles. The van der Waals surface area contributed by atoms with Crippen LogP contribution in [-0.2, 0) is 9.57 Å². The number of ether oxygens (including phenoxy) is 1. The zero-order valence-electron chi connectivity index (χ0n) is 4.78. The van der Waals surface area contributed by atoms with Gasteiger partial charge in [-0.1, -0.05) is 0 Å². The average Bonchev–Trinajstić information content (AvgIpc) is 2.33. The minimum atomic E-state index is 0.315. The number of fused-ring (bicyclic) bond motifs is 1. The van der Waals surface area contributed by atoms with Crippen molar-refractivity contribution < 1.29 is 9.57 Å². The van der Waals surface area contributed by atoms with Gasteiger partial charge in [0, 0.05) is 12.3 Å². The molecule has 2 heterocycles. The first-order chi connectivity index (χ1) is 4.47. The van der Waals surface area contributed by atoms with E-state index in [2.05, 4.69) is 4.99 Å². The predicted molar refractivity (Wildman–Crippen MR) is 30.3 cm³/mol. The number of allylic oxidation sites excluding steroid dienone is 1. The Morgan fingerprint density at radius 1 is 1.67 bits per heavy atom. The van der Waals surface area contributed by atoms with E-state index in [1.165, 1.54) is 0 Å². The molecule has 4 heteroatoms. The van der Waals surface area contributed by atoms with E-state index in [9.17, 15) is 0 Å². The van der Waals surface area contributed by atoms with Crippen LogP contribution in [0.15, 0.2) is 17.0 Å². The summed E-state index contributed by atoms with van der Waals surface area (Å²) in [6.45, 7) is 0.862. The zero-order chi connectivity index (χ0) is 6.10. The van der Waals surface area contributed by atoms with Crippen LogP contribution in [0.1, 0.15) is 0 Å². The van der Waals surface area contributed by atoms with Gasteiger partial charge in [0.2, 0.25) is 12.7 Å². The maximum atomic E-state index is 5.03. The lowest BCUT2D eigenvalue weighted by atomic mass is 10.5. The van der Waals surface area contributed by atoms with Crippen LogP contribution in [0.25, 0.3) is 0 Å². The van der Waals surface area contributed by atoms with Crippen molar-refractivity contribution in [2.24, 2.45) is 4.99 Å². The van der Waals surface area contributed by atoms with Gasteiger partial charge in [0.1, 0.15) is 6.67 Å². The summed E-state index contributed by atoms with van der Waals surface area (Å²) in [5.74, 6) is 0.755. The minimum Gasteiger partial charge on any atom is -0.448 e. The SMILES string of the molecule is C1=NCN2OCOC2=C1. The normalized spacial score (nSPS) is 23.1. The number of hydrogen-bond donors (Lipinski definition) is 0. The van der Waals surface area contributed by atoms with E-state index < -0.39 is 0 Å². The van der Waals surface area contributed by atoms with Gasteiger partial charge in [-0.25, -0.2) is 4.84 Å². The van der Waals surface area contributed by atoms with Crippen molar-refractivity contribution in [3.8, 4) is 0 Å². The second-order valence-corrected chi connectivity index (χ2v) is 1.75. The smallest absolute Gasteiger partial charge is 0.219 e. The molecule has 0 aromatic heterocycles. The molecule has 4 nitrogen and oxygen atoms in total. The van der Waals surface area contributed by atoms with Crippen molar-refractivity contribution in [3.63, 3.8) is 0 Å². The molecule has 0 N–H and O–H groups in total. The summed E-state index contributed by atoms with van der Waals surface area (Å²) in [5, 5.41) is 1.61. The molecule has 1 fully saturated rings. The van der Waals surface area contributed by atoms with Gasteiger partial charge in [-0.3, -0.25) is 4.99 Å². The summed E-state index contributed by atoms with van der Waals surface area (Å²) >= 11 is 0. The molecule has 0 aromatic carbocycles. The van der Waals surface area contributed by atoms with Crippen LogP contribution in [0.3, 0.4) is 0 Å². The van der Waals surface area contributed by atoms with E-state index >= 15 is 0 Å². The fourth-order valence-electron chi connectivity index (χ4n) is 0.765. The Balaban J connectivity index is 2.23. The predicted octanol–water partition coefficient (Wildman–Crippen LogP) is 0.0910. The molecule has 2 rings (SSSR count). The van der Waals surface area contributed by atoms with E-state index in [0.717, 1.165) is 5.88 Å². The summed E-state index contributed by atoms with van der Waals surface area (Å²) in [6.07, 6.45) is 3.48. The van der Waals surface area contributed by atoms with Crippen LogP contribution in [0, 0.1) is 0 Å². The quantitative estimate of drug-likeness (QED) is 0.461. The van der Waals surface area contributed by atoms with Crippen LogP contribution < -0.4 is 0 Å². The van der Waals surface area contributed by atoms with Crippen LogP contribution in [0.2, 0.25) is 0 Å². The summed E-state index contributed by atoms with van der Waals surface area (Å²) in [5.41, 5.74) is 0. The Hall–Kier alpha value is -1.03. The van der Waals surface area contributed by atoms with Gasteiger partial charge in [-0.05, 0) is 0 Å². The lowest BCUT2D eigenvalue weighted by Gasteiger charge is -2.12. The van der Waals surface area contributed by atoms with Crippen molar-refractivity contribution >= 4 is 6.21 Å². The average molecular weight is 126 g/mol. The Labute approximate surface area is 52.3 Å². The highest BCUT2D eigenvalue weighted by Crippen LogP contribution is 2.15. The van der Waals surface area contributed by atoms with Crippen LogP contribution in [-0.4, -0.2) is 24.7 Å². The molecule has 0 radical (unpaired) electrons. The van der Waals surface area contributed by atoms with Crippen molar-refractivity contribution in [1.82, 2.24) is 5.06 Å². The molecule has 1 saturated heterocycles. The third kappa shape index (κ3) is 0.675. The second-order valence-electron chi connectivity index (χ2n) is 1.75. The largest absolute Gasteiger partial charge is 0.448 e. The van der Waals surface area contributed by atoms with Gasteiger partial charge < -0.3 is 4.74 Å². The lowest BCUT2D eigenvalue weighted by molar-refractivity contribution is -0.100. The fourth-order valence-corrected chi connectivity index (χ4v) is 0.765. The summed E-state index contributed by atoms with van der Waals surface area (Å²) in [6, 6.07) is 0. The molecule has 0 aliphatic carbocycles. The highest BCUT2D eigenvalue weighted by molar-refractivity contribution is 5.72. The molecule has 0 bridgehead atoms. The van der Waals surface area contributed by atoms with E-state index in [1.54, 1.807) is 17.4 Å². The third-order valence-electron chi connectivity index (χ3n) is 1.19. The van der Waals surface area contributed by atoms with Crippen molar-refractivity contribution in [2.75, 3.05) is 13.5 Å². The molecule has 0 unspecified atom stereocenters. The number of nitrogens with zero attached hydrogens (tertiary/aromatic N) is 2. The van der Waals surface area contributed by atoms with E-state index in [4.69, 9.17) is 9.57 Å². The van der Waals surface area contributed by atoms with Crippen molar-refractivity contribution in [3.05, 3.63) is 12.0 Å². The van der Waals surface area contributed by atoms with Gasteiger partial charge >= 0.3 is 0 Å². The number of hydrogen-bond acceptors (Lipinski definition) is 4. The molecule has 0 spiro atoms. The Bertz CT molecular complexity index is 176. The van der Waals surface area contributed by atoms with E-state index in [-0.39, 0.29) is 0 Å². The molecular formula is C5H6N2O2. The number of hydroxylamine groups is 2. The number of aliphatic imine (C=N–C) groups is 1. The van der Waals surface area contributed by atoms with E-state index in [1.807, 2.05) is 0 Å². The Morgan fingerprint density at radius 3 is 3.56 bits per heavy atom. The minimum absolute atomic E-state index is 0.315. The van der Waals surface area contributed by atoms with Crippen molar-refractivity contribution in [2.45, 2.75) is 0 Å². The highest BCUT2D eigenvalue weighted by Gasteiger charge is 2.19. The lowest BCUT2D eigenvalue weighted by Crippen LogP contribution is -2.18. The first kappa shape index (κ1) is 4.81. The third-order valence-corrected chi connectivity index (χ3v) is 1.19. The molecule has 48 valence electrons. The van der Waals surface area contributed by atoms with Crippen LogP contribution in [0.4, 0.5) is 0 Å². The molecule has 0 amide bonds. The van der Waals surface area contributed by atoms with Gasteiger partial charge in [-0.15, -0.1) is 0 Å². The Kier molecular flexibility index (Phi) is 0.927. The fraction of sp³-hybridized carbons (Fsp3) is 0.400. The summed E-state index contributed by atoms with van der Waals surface area (Å²) in [7, 11) is 0. The topological polar surface area (TPSA) is 34.1 Å². The summed E-state index contributed by atoms with van der Waals surface area (Å²) in [4.78, 5) is 8.93. The van der Waals surface area contributed by atoms with Crippen LogP contribution in [0.5, 0.6) is 0 Å². The zero-order valence-corrected chi connectivity index (χ0v) is 4.78. The standard InChI is InChI=1S/C5H6N2O2/c1-2-6-3-7-5(1)8-4-9-7/h1-2H,3-4H2. The maximum absolute atomic E-state index is 5.03. The first-order valence-electron chi connectivity index (χ1n) is 2.70. The highest BCUT2D eigenvalue weighted by atomic mass is 16.8. The van der Waals surface area contributed by atoms with Crippen molar-refractivity contribution in [1.29, 1.82) is 0 Å². The molecule has 2 aliphatic heterocycles. The molecule has 2 aliphatic rings. The van der Waals surface area contributed by atoms with Gasteiger partial charge in [0.25, 0.3) is 0 Å². The first-order valence-corrected chi connectivity index (χ1v) is 2.70. The van der Waals surface area contributed by atoms with Gasteiger partial charge in [0.15, 0.2) is 0 Å². The van der Waals surface area contributed by atoms with E-state index in [0.29, 0.717) is 13.5 Å². The molecule has 9 heavy (non-hydrogen) atoms. The maximum Gasteiger partial charge on any atom is 0.219 e. The monoisotopic (exact) mass is 126 g/mol. The van der Waals surface area contributed by atoms with Gasteiger partial charge in [0.05, 0.1) is 0 Å². The van der Waals surface area contributed by atoms with Gasteiger partial charge in [-0.2, -0.15) is 5.06 Å². The molecular weight excluding hydrogens is 120 g/mol. The molecule has 0 aromatic rings. The molecule has 0 atom stereocenters. The Morgan fingerprint density at radius 2 is 2.67 bits per heavy atom. The van der Waals surface area contributed by atoms with Crippen LogP contribution >= 0.6 is 0 Å². The number of rotatable bonds is 0.